The maximum atomic E-state index is 12.8. The zero-order valence-corrected chi connectivity index (χ0v) is 17.2. The van der Waals surface area contributed by atoms with Gasteiger partial charge in [0, 0.05) is 12.3 Å². The van der Waals surface area contributed by atoms with Gasteiger partial charge in [-0.1, -0.05) is 30.3 Å². The first-order valence-electron chi connectivity index (χ1n) is 9.34. The number of pyridine rings is 1. The van der Waals surface area contributed by atoms with Gasteiger partial charge in [0.1, 0.15) is 6.61 Å². The minimum atomic E-state index is -0.633. The summed E-state index contributed by atoms with van der Waals surface area (Å²) in [4.78, 5) is 41.2. The maximum absolute atomic E-state index is 12.8. The number of nitrogens with zero attached hydrogens (tertiary/aromatic N) is 1. The van der Waals surface area contributed by atoms with E-state index in [-0.39, 0.29) is 23.6 Å². The summed E-state index contributed by atoms with van der Waals surface area (Å²) in [6.07, 6.45) is 0. The molecular weight excluding hydrogens is 384 g/mol. The van der Waals surface area contributed by atoms with Crippen LogP contribution in [0.1, 0.15) is 44.5 Å². The Bertz CT molecular complexity index is 1150. The van der Waals surface area contributed by atoms with E-state index < -0.39 is 11.9 Å². The van der Waals surface area contributed by atoms with E-state index in [1.807, 2.05) is 24.3 Å². The second kappa shape index (κ2) is 8.73. The predicted molar refractivity (Wildman–Crippen MR) is 112 cm³/mol. The third-order valence-electron chi connectivity index (χ3n) is 4.75. The zero-order valence-electron chi connectivity index (χ0n) is 17.2. The lowest BCUT2D eigenvalue weighted by Gasteiger charge is -2.15. The number of ether oxygens (including phenoxy) is 2. The molecule has 0 fully saturated rings. The lowest BCUT2D eigenvalue weighted by Crippen LogP contribution is -2.16. The smallest absolute Gasteiger partial charge is 0.340 e. The number of hydrogen-bond donors (Lipinski definition) is 1. The number of amides is 1. The number of aryl methyl sites for hydroxylation is 2. The number of aromatic nitrogens is 1. The van der Waals surface area contributed by atoms with E-state index in [4.69, 9.17) is 9.47 Å². The van der Waals surface area contributed by atoms with Crippen molar-refractivity contribution in [1.29, 1.82) is 0 Å². The normalized spacial score (nSPS) is 10.5. The molecule has 1 amide bonds. The van der Waals surface area contributed by atoms with Gasteiger partial charge in [-0.05, 0) is 37.1 Å². The van der Waals surface area contributed by atoms with Gasteiger partial charge in [-0.2, -0.15) is 0 Å². The Morgan fingerprint density at radius 1 is 1.00 bits per heavy atom. The molecule has 0 radical (unpaired) electrons. The van der Waals surface area contributed by atoms with Crippen molar-refractivity contribution in [3.05, 3.63) is 70.4 Å². The number of carbonyl (C=O) groups excluding carboxylic acids is 3. The van der Waals surface area contributed by atoms with Crippen molar-refractivity contribution in [2.45, 2.75) is 27.4 Å². The second-order valence-corrected chi connectivity index (χ2v) is 6.82. The van der Waals surface area contributed by atoms with Crippen molar-refractivity contribution in [3.63, 3.8) is 0 Å². The highest BCUT2D eigenvalue weighted by atomic mass is 16.5. The van der Waals surface area contributed by atoms with E-state index >= 15 is 0 Å². The summed E-state index contributed by atoms with van der Waals surface area (Å²) in [6, 6.07) is 12.5. The lowest BCUT2D eigenvalue weighted by molar-refractivity contribution is -0.114. The van der Waals surface area contributed by atoms with Gasteiger partial charge in [-0.15, -0.1) is 0 Å². The number of benzene rings is 2. The van der Waals surface area contributed by atoms with Crippen molar-refractivity contribution < 1.29 is 23.9 Å². The Kier molecular flexibility index (Phi) is 6.11. The van der Waals surface area contributed by atoms with Gasteiger partial charge in [-0.25, -0.2) is 14.6 Å². The molecule has 0 saturated heterocycles. The third kappa shape index (κ3) is 4.15. The SMILES string of the molecule is COC(=O)c1c(COC(=O)c2cccc(C)c2NC(C)=O)nc2ccccc2c1C. The molecular formula is C23H22N2O5. The van der Waals surface area contributed by atoms with Crippen LogP contribution in [0.4, 0.5) is 5.69 Å². The van der Waals surface area contributed by atoms with Gasteiger partial charge in [0.15, 0.2) is 0 Å². The molecule has 7 nitrogen and oxygen atoms in total. The molecule has 1 aromatic heterocycles. The van der Waals surface area contributed by atoms with Crippen LogP contribution in [0.3, 0.4) is 0 Å². The molecule has 7 heteroatoms. The standard InChI is InChI=1S/C23H22N2O5/c1-13-8-7-10-17(21(13)24-15(3)26)22(27)30-12-19-20(23(28)29-4)14(2)16-9-5-6-11-18(16)25-19/h5-11H,12H2,1-4H3,(H,24,26). The molecule has 0 aliphatic heterocycles. The number of carbonyl (C=O) groups is 3. The van der Waals surface area contributed by atoms with Crippen LogP contribution in [0.25, 0.3) is 10.9 Å². The molecule has 1 N–H and O–H groups in total. The van der Waals surface area contributed by atoms with Crippen LogP contribution in [0, 0.1) is 13.8 Å². The number of rotatable bonds is 5. The van der Waals surface area contributed by atoms with Crippen LogP contribution in [0.2, 0.25) is 0 Å². The minimum Gasteiger partial charge on any atom is -0.465 e. The van der Waals surface area contributed by atoms with Gasteiger partial charge < -0.3 is 14.8 Å². The average molecular weight is 406 g/mol. The van der Waals surface area contributed by atoms with Crippen LogP contribution >= 0.6 is 0 Å². The van der Waals surface area contributed by atoms with Crippen LogP contribution in [-0.4, -0.2) is 29.9 Å². The number of fused-ring (bicyclic) bond motifs is 1. The molecule has 0 saturated carbocycles. The molecule has 3 aromatic rings. The van der Waals surface area contributed by atoms with E-state index in [1.165, 1.54) is 14.0 Å². The summed E-state index contributed by atoms with van der Waals surface area (Å²) in [5.74, 6) is -1.48. The Balaban J connectivity index is 1.96. The quantitative estimate of drug-likeness (QED) is 0.645. The van der Waals surface area contributed by atoms with Gasteiger partial charge in [-0.3, -0.25) is 4.79 Å². The van der Waals surface area contributed by atoms with Gasteiger partial charge in [0.2, 0.25) is 5.91 Å². The minimum absolute atomic E-state index is 0.220. The lowest BCUT2D eigenvalue weighted by atomic mass is 10.0. The summed E-state index contributed by atoms with van der Waals surface area (Å²) in [6.45, 7) is 4.73. The Morgan fingerprint density at radius 3 is 2.43 bits per heavy atom. The largest absolute Gasteiger partial charge is 0.465 e. The first-order valence-corrected chi connectivity index (χ1v) is 9.34. The summed E-state index contributed by atoms with van der Waals surface area (Å²) in [7, 11) is 1.29. The number of para-hydroxylation sites is 2. The maximum Gasteiger partial charge on any atom is 0.340 e. The van der Waals surface area contributed by atoms with Crippen LogP contribution in [-0.2, 0) is 20.9 Å². The van der Waals surface area contributed by atoms with Crippen molar-refractivity contribution in [2.24, 2.45) is 0 Å². The highest BCUT2D eigenvalue weighted by molar-refractivity contribution is 6.02. The van der Waals surface area contributed by atoms with Crippen molar-refractivity contribution in [2.75, 3.05) is 12.4 Å². The highest BCUT2D eigenvalue weighted by Crippen LogP contribution is 2.26. The van der Waals surface area contributed by atoms with E-state index in [0.29, 0.717) is 22.5 Å². The molecule has 154 valence electrons. The van der Waals surface area contributed by atoms with E-state index in [2.05, 4.69) is 10.3 Å². The summed E-state index contributed by atoms with van der Waals surface area (Å²) in [5.41, 5.74) is 3.31. The monoisotopic (exact) mass is 406 g/mol. The first-order chi connectivity index (χ1) is 14.3. The molecule has 0 bridgehead atoms. The van der Waals surface area contributed by atoms with Gasteiger partial charge in [0.05, 0.1) is 35.1 Å². The zero-order chi connectivity index (χ0) is 21.8. The third-order valence-corrected chi connectivity index (χ3v) is 4.75. The number of nitrogens with one attached hydrogen (secondary N) is 1. The molecule has 0 aliphatic carbocycles. The fourth-order valence-corrected chi connectivity index (χ4v) is 3.31. The summed E-state index contributed by atoms with van der Waals surface area (Å²) < 4.78 is 10.4. The molecule has 1 heterocycles. The van der Waals surface area contributed by atoms with Crippen molar-refractivity contribution in [1.82, 2.24) is 4.98 Å². The fraction of sp³-hybridized carbons (Fsp3) is 0.217. The summed E-state index contributed by atoms with van der Waals surface area (Å²) >= 11 is 0. The fourth-order valence-electron chi connectivity index (χ4n) is 3.31. The molecule has 3 rings (SSSR count). The second-order valence-electron chi connectivity index (χ2n) is 6.82. The van der Waals surface area contributed by atoms with E-state index in [0.717, 1.165) is 10.9 Å². The van der Waals surface area contributed by atoms with Crippen LogP contribution in [0.15, 0.2) is 42.5 Å². The Hall–Kier alpha value is -3.74. The molecule has 2 aromatic carbocycles. The topological polar surface area (TPSA) is 94.6 Å². The first kappa shape index (κ1) is 21.0. The molecule has 0 spiro atoms. The number of hydrogen-bond acceptors (Lipinski definition) is 6. The Morgan fingerprint density at radius 2 is 1.73 bits per heavy atom. The average Bonchev–Trinajstić information content (AvgIpc) is 2.72. The van der Waals surface area contributed by atoms with Crippen LogP contribution < -0.4 is 5.32 Å². The van der Waals surface area contributed by atoms with Gasteiger partial charge >= 0.3 is 11.9 Å². The van der Waals surface area contributed by atoms with Crippen molar-refractivity contribution >= 4 is 34.4 Å². The molecule has 0 atom stereocenters. The number of esters is 2. The number of anilines is 1. The number of methoxy groups -OCH3 is 1. The summed E-state index contributed by atoms with van der Waals surface area (Å²) in [5, 5.41) is 3.48. The molecule has 0 unspecified atom stereocenters. The highest BCUT2D eigenvalue weighted by Gasteiger charge is 2.22. The molecule has 0 aliphatic rings. The van der Waals surface area contributed by atoms with Crippen LogP contribution in [0.5, 0.6) is 0 Å². The van der Waals surface area contributed by atoms with E-state index in [9.17, 15) is 14.4 Å². The van der Waals surface area contributed by atoms with Crippen molar-refractivity contribution in [3.8, 4) is 0 Å². The Labute approximate surface area is 174 Å². The predicted octanol–water partition coefficient (Wildman–Crippen LogP) is 3.95. The van der Waals surface area contributed by atoms with E-state index in [1.54, 1.807) is 32.0 Å². The molecule has 30 heavy (non-hydrogen) atoms. The van der Waals surface area contributed by atoms with Gasteiger partial charge in [0.25, 0.3) is 0 Å².